The van der Waals surface area contributed by atoms with Crippen molar-refractivity contribution in [3.8, 4) is 5.88 Å². The van der Waals surface area contributed by atoms with Crippen LogP contribution >= 0.6 is 0 Å². The zero-order valence-electron chi connectivity index (χ0n) is 13.5. The van der Waals surface area contributed by atoms with Crippen LogP contribution in [-0.4, -0.2) is 40.8 Å². The van der Waals surface area contributed by atoms with Crippen LogP contribution in [0.15, 0.2) is 18.3 Å². The fourth-order valence-corrected chi connectivity index (χ4v) is 2.86. The molecule has 1 atom stereocenters. The first-order valence-electron chi connectivity index (χ1n) is 7.53. The molecule has 122 valence electrons. The normalized spacial score (nSPS) is 16.6. The van der Waals surface area contributed by atoms with Crippen LogP contribution in [-0.2, 0) is 17.7 Å². The number of nitrogens with one attached hydrogen (secondary N) is 1. The van der Waals surface area contributed by atoms with E-state index in [4.69, 9.17) is 9.47 Å². The third-order valence-electron chi connectivity index (χ3n) is 3.92. The highest BCUT2D eigenvalue weighted by Crippen LogP contribution is 2.22. The molecule has 23 heavy (non-hydrogen) atoms. The van der Waals surface area contributed by atoms with Crippen molar-refractivity contribution >= 4 is 11.8 Å². The largest absolute Gasteiger partial charge is 0.480 e. The molecule has 1 unspecified atom stereocenters. The molecule has 3 rings (SSSR count). The van der Waals surface area contributed by atoms with E-state index in [1.807, 2.05) is 6.92 Å². The van der Waals surface area contributed by atoms with Crippen LogP contribution < -0.4 is 10.1 Å². The van der Waals surface area contributed by atoms with Crippen LogP contribution in [0.3, 0.4) is 0 Å². The van der Waals surface area contributed by atoms with E-state index in [1.165, 1.54) is 14.2 Å². The van der Waals surface area contributed by atoms with Gasteiger partial charge < -0.3 is 19.4 Å². The third kappa shape index (κ3) is 3.13. The molecular weight excluding hydrogens is 296 g/mol. The zero-order chi connectivity index (χ0) is 16.4. The molecule has 2 aromatic heterocycles. The first-order chi connectivity index (χ1) is 11.1. The molecule has 7 heteroatoms. The summed E-state index contributed by atoms with van der Waals surface area (Å²) in [5.41, 5.74) is 1.36. The van der Waals surface area contributed by atoms with Crippen LogP contribution in [0.5, 0.6) is 5.88 Å². The second-order valence-corrected chi connectivity index (χ2v) is 5.58. The summed E-state index contributed by atoms with van der Waals surface area (Å²) in [6, 6.07) is 3.69. The average Bonchev–Trinajstić information content (AvgIpc) is 2.93. The van der Waals surface area contributed by atoms with Crippen molar-refractivity contribution < 1.29 is 14.3 Å². The third-order valence-corrected chi connectivity index (χ3v) is 3.92. The number of fused-ring (bicyclic) bond motifs is 1. The Bertz CT molecular complexity index is 726. The number of aryl methyl sites for hydroxylation is 2. The summed E-state index contributed by atoms with van der Waals surface area (Å²) in [4.78, 5) is 20.5. The molecule has 0 aliphatic carbocycles. The number of rotatable bonds is 4. The quantitative estimate of drug-likeness (QED) is 0.867. The number of methoxy groups -OCH3 is 2. The molecule has 1 aliphatic rings. The fourth-order valence-electron chi connectivity index (χ4n) is 2.86. The zero-order valence-corrected chi connectivity index (χ0v) is 13.5. The van der Waals surface area contributed by atoms with E-state index in [0.29, 0.717) is 11.4 Å². The molecule has 1 N–H and O–H groups in total. The molecule has 0 fully saturated rings. The molecule has 1 aliphatic heterocycles. The maximum absolute atomic E-state index is 11.7. The Hall–Kier alpha value is -2.57. The summed E-state index contributed by atoms with van der Waals surface area (Å²) in [6.07, 6.45) is 3.99. The van der Waals surface area contributed by atoms with E-state index in [1.54, 1.807) is 12.1 Å². The molecule has 0 bridgehead atoms. The molecule has 0 saturated carbocycles. The Balaban J connectivity index is 1.75. The van der Waals surface area contributed by atoms with Crippen LogP contribution in [0.1, 0.15) is 28.3 Å². The molecule has 7 nitrogen and oxygen atoms in total. The van der Waals surface area contributed by atoms with Crippen molar-refractivity contribution in [1.29, 1.82) is 0 Å². The Morgan fingerprint density at radius 2 is 2.17 bits per heavy atom. The summed E-state index contributed by atoms with van der Waals surface area (Å²) in [5, 5.41) is 3.40. The van der Waals surface area contributed by atoms with Gasteiger partial charge in [-0.1, -0.05) is 0 Å². The Morgan fingerprint density at radius 3 is 2.91 bits per heavy atom. The van der Waals surface area contributed by atoms with E-state index in [-0.39, 0.29) is 11.9 Å². The van der Waals surface area contributed by atoms with Gasteiger partial charge in [0.1, 0.15) is 17.2 Å². The van der Waals surface area contributed by atoms with E-state index in [0.717, 1.165) is 30.9 Å². The summed E-state index contributed by atoms with van der Waals surface area (Å²) in [7, 11) is 2.82. The Kier molecular flexibility index (Phi) is 4.18. The number of hydrogen-bond acceptors (Lipinski definition) is 6. The lowest BCUT2D eigenvalue weighted by atomic mass is 10.1. The van der Waals surface area contributed by atoms with Gasteiger partial charge in [-0.25, -0.2) is 9.78 Å². The lowest BCUT2D eigenvalue weighted by Crippen LogP contribution is -2.31. The van der Waals surface area contributed by atoms with Crippen molar-refractivity contribution in [2.24, 2.45) is 0 Å². The predicted octanol–water partition coefficient (Wildman–Crippen LogP) is 1.81. The maximum atomic E-state index is 11.7. The number of esters is 1. The van der Waals surface area contributed by atoms with Gasteiger partial charge >= 0.3 is 5.97 Å². The molecule has 0 spiro atoms. The molecule has 0 saturated heterocycles. The van der Waals surface area contributed by atoms with Gasteiger partial charge in [0.2, 0.25) is 5.88 Å². The number of anilines is 1. The summed E-state index contributed by atoms with van der Waals surface area (Å²) in [5.74, 6) is 1.61. The predicted molar refractivity (Wildman–Crippen MR) is 84.8 cm³/mol. The maximum Gasteiger partial charge on any atom is 0.343 e. The lowest BCUT2D eigenvalue weighted by Gasteiger charge is -2.25. The standard InChI is InChI=1S/C16H20N4O3/c1-10-8-20-9-11(4-7-14(20)17-10)18-13-6-5-12(16(21)23-3)15(19-13)22-2/h5-6,8,11H,4,7,9H2,1-3H3,(H,18,19). The SMILES string of the molecule is COC(=O)c1ccc(NC2CCc3nc(C)cn3C2)nc1OC. The van der Waals surface area contributed by atoms with E-state index in [2.05, 4.69) is 26.0 Å². The van der Waals surface area contributed by atoms with Crippen molar-refractivity contribution in [2.75, 3.05) is 19.5 Å². The minimum absolute atomic E-state index is 0.261. The van der Waals surface area contributed by atoms with Gasteiger partial charge in [-0.15, -0.1) is 0 Å². The minimum Gasteiger partial charge on any atom is -0.480 e. The van der Waals surface area contributed by atoms with Crippen LogP contribution in [0.2, 0.25) is 0 Å². The number of imidazole rings is 1. The number of hydrogen-bond donors (Lipinski definition) is 1. The molecule has 0 amide bonds. The number of carbonyl (C=O) groups excluding carboxylic acids is 1. The molecule has 2 aromatic rings. The number of aromatic nitrogens is 3. The van der Waals surface area contributed by atoms with E-state index >= 15 is 0 Å². The van der Waals surface area contributed by atoms with Gasteiger partial charge in [-0.3, -0.25) is 0 Å². The Morgan fingerprint density at radius 1 is 1.35 bits per heavy atom. The van der Waals surface area contributed by atoms with Crippen molar-refractivity contribution in [2.45, 2.75) is 32.4 Å². The second kappa shape index (κ2) is 6.28. The molecule has 0 aromatic carbocycles. The highest BCUT2D eigenvalue weighted by molar-refractivity contribution is 5.92. The molecular formula is C16H20N4O3. The van der Waals surface area contributed by atoms with Crippen LogP contribution in [0, 0.1) is 6.92 Å². The topological polar surface area (TPSA) is 78.3 Å². The van der Waals surface area contributed by atoms with E-state index in [9.17, 15) is 4.79 Å². The average molecular weight is 316 g/mol. The van der Waals surface area contributed by atoms with Gasteiger partial charge in [0.05, 0.1) is 19.9 Å². The van der Waals surface area contributed by atoms with Crippen molar-refractivity contribution in [1.82, 2.24) is 14.5 Å². The summed E-state index contributed by atoms with van der Waals surface area (Å²) < 4.78 is 12.1. The first kappa shape index (κ1) is 15.3. The van der Waals surface area contributed by atoms with Gasteiger partial charge in [0.15, 0.2) is 0 Å². The van der Waals surface area contributed by atoms with Gasteiger partial charge in [-0.2, -0.15) is 4.98 Å². The van der Waals surface area contributed by atoms with Gasteiger partial charge in [0, 0.05) is 25.2 Å². The van der Waals surface area contributed by atoms with Crippen LogP contribution in [0.25, 0.3) is 0 Å². The molecule has 3 heterocycles. The number of ether oxygens (including phenoxy) is 2. The fraction of sp³-hybridized carbons (Fsp3) is 0.438. The second-order valence-electron chi connectivity index (χ2n) is 5.58. The lowest BCUT2D eigenvalue weighted by molar-refractivity contribution is 0.0596. The highest BCUT2D eigenvalue weighted by atomic mass is 16.5. The van der Waals surface area contributed by atoms with E-state index < -0.39 is 5.97 Å². The molecule has 0 radical (unpaired) electrons. The Labute approximate surface area is 134 Å². The van der Waals surface area contributed by atoms with Crippen molar-refractivity contribution in [3.05, 3.63) is 35.4 Å². The minimum atomic E-state index is -0.461. The van der Waals surface area contributed by atoms with Gasteiger partial charge in [0.25, 0.3) is 0 Å². The highest BCUT2D eigenvalue weighted by Gasteiger charge is 2.21. The van der Waals surface area contributed by atoms with Crippen molar-refractivity contribution in [3.63, 3.8) is 0 Å². The summed E-state index contributed by atoms with van der Waals surface area (Å²) >= 11 is 0. The van der Waals surface area contributed by atoms with Crippen LogP contribution in [0.4, 0.5) is 5.82 Å². The monoisotopic (exact) mass is 316 g/mol. The number of carbonyl (C=O) groups is 1. The smallest absolute Gasteiger partial charge is 0.343 e. The number of pyridine rings is 1. The first-order valence-corrected chi connectivity index (χ1v) is 7.53. The van der Waals surface area contributed by atoms with Gasteiger partial charge in [-0.05, 0) is 25.5 Å². The number of nitrogens with zero attached hydrogens (tertiary/aromatic N) is 3. The summed E-state index contributed by atoms with van der Waals surface area (Å²) in [6.45, 7) is 2.85.